The fourth-order valence-electron chi connectivity index (χ4n) is 5.69. The Morgan fingerprint density at radius 2 is 1.46 bits per heavy atom. The highest BCUT2D eigenvalue weighted by atomic mass is 16.6. The van der Waals surface area contributed by atoms with Gasteiger partial charge in [-0.2, -0.15) is 0 Å². The van der Waals surface area contributed by atoms with Crippen molar-refractivity contribution >= 4 is 0 Å². The Labute approximate surface area is 236 Å². The number of nitrogens with two attached hydrogens (primary N) is 1. The van der Waals surface area contributed by atoms with E-state index in [2.05, 4.69) is 4.98 Å². The van der Waals surface area contributed by atoms with Crippen LogP contribution in [0.3, 0.4) is 0 Å². The fraction of sp³-hybridized carbons (Fsp3) is 0.290. The van der Waals surface area contributed by atoms with Gasteiger partial charge in [0.25, 0.3) is 5.56 Å². The molecule has 1 aliphatic heterocycles. The molecule has 0 saturated carbocycles. The predicted octanol–water partition coefficient (Wildman–Crippen LogP) is 2.19. The van der Waals surface area contributed by atoms with Crippen LogP contribution in [0.2, 0.25) is 0 Å². The van der Waals surface area contributed by atoms with E-state index in [1.165, 1.54) is 10.8 Å². The summed E-state index contributed by atoms with van der Waals surface area (Å²) in [6.07, 6.45) is -2.74. The minimum absolute atomic E-state index is 0.212. The molecule has 0 spiro atoms. The fourth-order valence-corrected chi connectivity index (χ4v) is 5.69. The summed E-state index contributed by atoms with van der Waals surface area (Å²) in [7, 11) is 3.14. The first-order chi connectivity index (χ1) is 19.6. The van der Waals surface area contributed by atoms with Crippen molar-refractivity contribution in [3.63, 3.8) is 0 Å². The van der Waals surface area contributed by atoms with E-state index in [1.807, 2.05) is 54.6 Å². The Hall–Kier alpha value is -4.22. The molecule has 0 amide bonds. The maximum Gasteiger partial charge on any atom is 0.330 e. The summed E-state index contributed by atoms with van der Waals surface area (Å²) in [5.74, 6) is 1.25. The van der Waals surface area contributed by atoms with Gasteiger partial charge >= 0.3 is 5.69 Å². The van der Waals surface area contributed by atoms with E-state index in [0.29, 0.717) is 28.2 Å². The third kappa shape index (κ3) is 4.95. The van der Waals surface area contributed by atoms with Crippen LogP contribution in [0.25, 0.3) is 0 Å². The van der Waals surface area contributed by atoms with Gasteiger partial charge in [-0.25, -0.2) is 4.79 Å². The first-order valence-electron chi connectivity index (χ1n) is 13.1. The zero-order valence-electron chi connectivity index (χ0n) is 23.0. The summed E-state index contributed by atoms with van der Waals surface area (Å²) in [5, 5.41) is 24.0. The van der Waals surface area contributed by atoms with Gasteiger partial charge in [0.15, 0.2) is 0 Å². The van der Waals surface area contributed by atoms with Gasteiger partial charge in [0.05, 0.1) is 19.6 Å². The largest absolute Gasteiger partial charge is 0.497 e. The molecule has 1 aliphatic rings. The number of rotatable bonds is 8. The second-order valence-corrected chi connectivity index (χ2v) is 10.3. The minimum Gasteiger partial charge on any atom is -0.497 e. The number of ether oxygens (including phenoxy) is 3. The Morgan fingerprint density at radius 1 is 0.951 bits per heavy atom. The van der Waals surface area contributed by atoms with E-state index in [1.54, 1.807) is 45.4 Å². The minimum atomic E-state index is -2.05. The molecule has 0 aliphatic carbocycles. The molecule has 214 valence electrons. The van der Waals surface area contributed by atoms with E-state index in [4.69, 9.17) is 19.9 Å². The molecule has 10 heteroatoms. The number of aromatic nitrogens is 2. The van der Waals surface area contributed by atoms with Crippen molar-refractivity contribution in [2.75, 3.05) is 14.2 Å². The first kappa shape index (κ1) is 28.3. The van der Waals surface area contributed by atoms with Crippen LogP contribution in [0.15, 0.2) is 94.6 Å². The van der Waals surface area contributed by atoms with E-state index in [0.717, 1.165) is 0 Å². The average molecular weight is 560 g/mol. The van der Waals surface area contributed by atoms with Crippen molar-refractivity contribution in [1.29, 1.82) is 0 Å². The summed E-state index contributed by atoms with van der Waals surface area (Å²) in [5.41, 5.74) is 4.20. The van der Waals surface area contributed by atoms with Crippen molar-refractivity contribution in [3.8, 4) is 11.5 Å². The molecule has 41 heavy (non-hydrogen) atoms. The van der Waals surface area contributed by atoms with Crippen LogP contribution in [0.1, 0.15) is 34.9 Å². The molecule has 5 rings (SSSR count). The van der Waals surface area contributed by atoms with Crippen molar-refractivity contribution in [2.24, 2.45) is 5.73 Å². The standard InChI is InChI=1S/C31H33N3O7/c1-19-18-34(29(37)33-28(19)36)25-17-30(32,38)27(41-25)26(35)31(20-7-5-4-6-8-20,21-9-13-23(39-2)14-10-21)22-11-15-24(40-3)16-12-22/h4-16,18,25-27,35,38H,17,32H2,1-3H3,(H,33,36,37)/t25-,26?,27-,30+/m1/s1. The Morgan fingerprint density at radius 3 is 1.98 bits per heavy atom. The molecule has 3 aromatic carbocycles. The summed E-state index contributed by atoms with van der Waals surface area (Å²) >= 11 is 0. The number of nitrogens with one attached hydrogen (secondary N) is 1. The topological polar surface area (TPSA) is 149 Å². The van der Waals surface area contributed by atoms with Crippen molar-refractivity contribution in [3.05, 3.63) is 128 Å². The van der Waals surface area contributed by atoms with Gasteiger partial charge in [-0.3, -0.25) is 14.3 Å². The second kappa shape index (κ2) is 11.0. The lowest BCUT2D eigenvalue weighted by Crippen LogP contribution is -2.59. The number of hydrogen-bond donors (Lipinski definition) is 4. The van der Waals surface area contributed by atoms with E-state index >= 15 is 0 Å². The molecule has 10 nitrogen and oxygen atoms in total. The zero-order chi connectivity index (χ0) is 29.4. The van der Waals surface area contributed by atoms with Gasteiger partial charge in [0, 0.05) is 18.2 Å². The number of aliphatic hydroxyl groups excluding tert-OH is 1. The lowest BCUT2D eigenvalue weighted by atomic mass is 9.63. The number of H-pyrrole nitrogens is 1. The summed E-state index contributed by atoms with van der Waals surface area (Å²) in [6.45, 7) is 1.55. The van der Waals surface area contributed by atoms with Gasteiger partial charge < -0.3 is 30.2 Å². The number of aromatic amines is 1. The van der Waals surface area contributed by atoms with Gasteiger partial charge in [-0.1, -0.05) is 54.6 Å². The van der Waals surface area contributed by atoms with Crippen LogP contribution in [-0.2, 0) is 10.2 Å². The molecule has 1 unspecified atom stereocenters. The van der Waals surface area contributed by atoms with Crippen molar-refractivity contribution < 1.29 is 24.4 Å². The van der Waals surface area contributed by atoms with E-state index in [-0.39, 0.29) is 12.0 Å². The van der Waals surface area contributed by atoms with Crippen LogP contribution in [0, 0.1) is 6.92 Å². The van der Waals surface area contributed by atoms with E-state index in [9.17, 15) is 19.8 Å². The van der Waals surface area contributed by atoms with Crippen LogP contribution in [0.5, 0.6) is 11.5 Å². The normalized spacial score (nSPS) is 21.4. The highest BCUT2D eigenvalue weighted by Gasteiger charge is 2.57. The molecule has 4 aromatic rings. The van der Waals surface area contributed by atoms with Gasteiger partial charge in [-0.05, 0) is 47.9 Å². The molecule has 1 aromatic heterocycles. The van der Waals surface area contributed by atoms with Crippen LogP contribution >= 0.6 is 0 Å². The summed E-state index contributed by atoms with van der Waals surface area (Å²) in [4.78, 5) is 26.9. The molecule has 1 saturated heterocycles. The maximum atomic E-state index is 12.7. The molecule has 2 heterocycles. The van der Waals surface area contributed by atoms with Crippen LogP contribution in [-0.4, -0.2) is 51.9 Å². The number of aliphatic hydroxyl groups is 2. The lowest BCUT2D eigenvalue weighted by Gasteiger charge is -2.44. The number of aryl methyl sites for hydroxylation is 1. The Bertz CT molecular complexity index is 1570. The first-order valence-corrected chi connectivity index (χ1v) is 13.1. The summed E-state index contributed by atoms with van der Waals surface area (Å²) < 4.78 is 18.2. The van der Waals surface area contributed by atoms with Crippen LogP contribution < -0.4 is 26.5 Å². The molecular formula is C31H33N3O7. The zero-order valence-corrected chi connectivity index (χ0v) is 23.0. The SMILES string of the molecule is COc1ccc(C(c2ccccc2)(c2ccc(OC)cc2)C(O)[C@H]2O[C@@H](n3cc(C)c(=O)[nH]c3=O)C[C@]2(N)O)cc1. The molecule has 0 bridgehead atoms. The highest BCUT2D eigenvalue weighted by molar-refractivity contribution is 5.54. The van der Waals surface area contributed by atoms with Gasteiger partial charge in [-0.15, -0.1) is 0 Å². The third-order valence-electron chi connectivity index (χ3n) is 7.80. The average Bonchev–Trinajstić information content (AvgIpc) is 3.31. The third-order valence-corrected chi connectivity index (χ3v) is 7.80. The maximum absolute atomic E-state index is 12.7. The number of methoxy groups -OCH3 is 2. The van der Waals surface area contributed by atoms with Crippen LogP contribution in [0.4, 0.5) is 0 Å². The number of benzene rings is 3. The molecule has 4 atom stereocenters. The van der Waals surface area contributed by atoms with Gasteiger partial charge in [0.1, 0.15) is 35.7 Å². The predicted molar refractivity (Wildman–Crippen MR) is 152 cm³/mol. The highest BCUT2D eigenvalue weighted by Crippen LogP contribution is 2.48. The molecular weight excluding hydrogens is 526 g/mol. The second-order valence-electron chi connectivity index (χ2n) is 10.3. The van der Waals surface area contributed by atoms with Gasteiger partial charge in [0.2, 0.25) is 0 Å². The smallest absolute Gasteiger partial charge is 0.330 e. The molecule has 0 radical (unpaired) electrons. The van der Waals surface area contributed by atoms with Crippen molar-refractivity contribution in [1.82, 2.24) is 9.55 Å². The van der Waals surface area contributed by atoms with Crippen molar-refractivity contribution in [2.45, 2.75) is 42.9 Å². The molecule has 1 fully saturated rings. The summed E-state index contributed by atoms with van der Waals surface area (Å²) in [6, 6.07) is 23.9. The Kier molecular flexibility index (Phi) is 7.58. The monoisotopic (exact) mass is 559 g/mol. The lowest BCUT2D eigenvalue weighted by molar-refractivity contribution is -0.127. The number of hydrogen-bond acceptors (Lipinski definition) is 8. The quantitative estimate of drug-likeness (QED) is 0.190. The Balaban J connectivity index is 1.71. The molecule has 5 N–H and O–H groups in total. The number of nitrogens with zero attached hydrogens (tertiary/aromatic N) is 1. The van der Waals surface area contributed by atoms with E-state index < -0.39 is 40.8 Å².